The smallest absolute Gasteiger partial charge is 0.0490 e. The third-order valence-corrected chi connectivity index (χ3v) is 4.51. The topological polar surface area (TPSA) is 12.0 Å². The molecule has 0 fully saturated rings. The van der Waals surface area contributed by atoms with Crippen molar-refractivity contribution in [2.24, 2.45) is 5.92 Å². The van der Waals surface area contributed by atoms with Crippen LogP contribution in [0.3, 0.4) is 0 Å². The number of nitrogens with one attached hydrogen (secondary N) is 1. The summed E-state index contributed by atoms with van der Waals surface area (Å²) in [5.41, 5.74) is 1.27. The van der Waals surface area contributed by atoms with E-state index in [9.17, 15) is 0 Å². The number of benzene rings is 1. The fourth-order valence-electron chi connectivity index (χ4n) is 1.36. The molecule has 1 aliphatic heterocycles. The van der Waals surface area contributed by atoms with E-state index in [4.69, 9.17) is 0 Å². The van der Waals surface area contributed by atoms with E-state index in [1.54, 1.807) is 0 Å². The molecular weight excluding hydrogens is 246 g/mol. The first kappa shape index (κ1) is 9.41. The monoisotopic (exact) mass is 257 g/mol. The average molecular weight is 258 g/mol. The summed E-state index contributed by atoms with van der Waals surface area (Å²) in [6, 6.07) is 6.32. The van der Waals surface area contributed by atoms with E-state index in [1.807, 2.05) is 11.8 Å². The number of rotatable bonds is 0. The number of halogens is 1. The highest BCUT2D eigenvalue weighted by Crippen LogP contribution is 2.37. The van der Waals surface area contributed by atoms with E-state index in [0.717, 1.165) is 12.5 Å². The van der Waals surface area contributed by atoms with E-state index in [-0.39, 0.29) is 0 Å². The van der Waals surface area contributed by atoms with Gasteiger partial charge in [0.15, 0.2) is 0 Å². The quantitative estimate of drug-likeness (QED) is 0.763. The number of hydrogen-bond donors (Lipinski definition) is 1. The van der Waals surface area contributed by atoms with Crippen molar-refractivity contribution >= 4 is 33.4 Å². The van der Waals surface area contributed by atoms with Gasteiger partial charge in [-0.25, -0.2) is 0 Å². The Labute approximate surface area is 91.4 Å². The zero-order valence-corrected chi connectivity index (χ0v) is 9.91. The van der Waals surface area contributed by atoms with Crippen molar-refractivity contribution in [1.29, 1.82) is 0 Å². The van der Waals surface area contributed by atoms with Crippen molar-refractivity contribution in [3.8, 4) is 0 Å². The molecule has 13 heavy (non-hydrogen) atoms. The molecule has 1 aromatic rings. The summed E-state index contributed by atoms with van der Waals surface area (Å²) in [5.74, 6) is 1.94. The van der Waals surface area contributed by atoms with Gasteiger partial charge >= 0.3 is 0 Å². The number of anilines is 1. The fourth-order valence-corrected chi connectivity index (χ4v) is 3.14. The van der Waals surface area contributed by atoms with Gasteiger partial charge in [0.2, 0.25) is 0 Å². The summed E-state index contributed by atoms with van der Waals surface area (Å²) < 4.78 is 1.21. The predicted octanol–water partition coefficient (Wildman–Crippen LogP) is 3.60. The molecule has 3 heteroatoms. The third kappa shape index (κ3) is 2.02. The zero-order valence-electron chi connectivity index (χ0n) is 7.51. The summed E-state index contributed by atoms with van der Waals surface area (Å²) in [5, 5.41) is 3.46. The Morgan fingerprint density at radius 3 is 3.23 bits per heavy atom. The minimum absolute atomic E-state index is 0.740. The molecule has 1 heterocycles. The SMILES string of the molecule is CC1CNc2cccc(Br)c2SC1. The molecule has 2 rings (SSSR count). The second kappa shape index (κ2) is 3.93. The van der Waals surface area contributed by atoms with Crippen LogP contribution in [-0.4, -0.2) is 12.3 Å². The van der Waals surface area contributed by atoms with Crippen LogP contribution in [0.5, 0.6) is 0 Å². The predicted molar refractivity (Wildman–Crippen MR) is 62.5 cm³/mol. The summed E-state index contributed by atoms with van der Waals surface area (Å²) in [4.78, 5) is 1.35. The number of hydrogen-bond acceptors (Lipinski definition) is 2. The van der Waals surface area contributed by atoms with Gasteiger partial charge in [0.25, 0.3) is 0 Å². The molecule has 1 N–H and O–H groups in total. The van der Waals surface area contributed by atoms with Crippen molar-refractivity contribution in [2.75, 3.05) is 17.6 Å². The van der Waals surface area contributed by atoms with E-state index in [0.29, 0.717) is 0 Å². The molecule has 1 atom stereocenters. The van der Waals surface area contributed by atoms with Gasteiger partial charge in [-0.05, 0) is 34.0 Å². The van der Waals surface area contributed by atoms with Crippen molar-refractivity contribution in [3.63, 3.8) is 0 Å². The van der Waals surface area contributed by atoms with Gasteiger partial charge in [0.05, 0.1) is 0 Å². The molecule has 1 unspecified atom stereocenters. The van der Waals surface area contributed by atoms with Gasteiger partial charge in [-0.3, -0.25) is 0 Å². The molecule has 0 saturated heterocycles. The standard InChI is InChI=1S/C10H12BrNS/c1-7-5-12-9-4-2-3-8(11)10(9)13-6-7/h2-4,7,12H,5-6H2,1H3. The van der Waals surface area contributed by atoms with Crippen molar-refractivity contribution in [3.05, 3.63) is 22.7 Å². The maximum absolute atomic E-state index is 3.58. The van der Waals surface area contributed by atoms with Crippen molar-refractivity contribution in [2.45, 2.75) is 11.8 Å². The molecular formula is C10H12BrNS. The Morgan fingerprint density at radius 1 is 1.54 bits per heavy atom. The first-order valence-electron chi connectivity index (χ1n) is 4.42. The lowest BCUT2D eigenvalue weighted by Crippen LogP contribution is -2.10. The van der Waals surface area contributed by atoms with Gasteiger partial charge in [0.1, 0.15) is 0 Å². The lowest BCUT2D eigenvalue weighted by Gasteiger charge is -2.07. The maximum atomic E-state index is 3.58. The lowest BCUT2D eigenvalue weighted by molar-refractivity contribution is 0.705. The summed E-state index contributed by atoms with van der Waals surface area (Å²) in [6.07, 6.45) is 0. The normalized spacial score (nSPS) is 21.5. The van der Waals surface area contributed by atoms with Gasteiger partial charge < -0.3 is 5.32 Å². The molecule has 0 spiro atoms. The van der Waals surface area contributed by atoms with E-state index < -0.39 is 0 Å². The van der Waals surface area contributed by atoms with Gasteiger partial charge in [-0.2, -0.15) is 0 Å². The highest BCUT2D eigenvalue weighted by Gasteiger charge is 2.14. The zero-order chi connectivity index (χ0) is 9.26. The number of thioether (sulfide) groups is 1. The first-order chi connectivity index (χ1) is 6.27. The van der Waals surface area contributed by atoms with Gasteiger partial charge in [-0.1, -0.05) is 13.0 Å². The highest BCUT2D eigenvalue weighted by atomic mass is 79.9. The van der Waals surface area contributed by atoms with Crippen LogP contribution < -0.4 is 5.32 Å². The summed E-state index contributed by atoms with van der Waals surface area (Å²) in [6.45, 7) is 3.36. The highest BCUT2D eigenvalue weighted by molar-refractivity contribution is 9.10. The Balaban J connectivity index is 2.35. The molecule has 1 aromatic carbocycles. The molecule has 0 amide bonds. The molecule has 0 aliphatic carbocycles. The van der Waals surface area contributed by atoms with E-state index >= 15 is 0 Å². The Bertz CT molecular complexity index is 314. The van der Waals surface area contributed by atoms with Crippen LogP contribution in [0, 0.1) is 5.92 Å². The van der Waals surface area contributed by atoms with Gasteiger partial charge in [-0.15, -0.1) is 11.8 Å². The molecule has 0 aromatic heterocycles. The van der Waals surface area contributed by atoms with Gasteiger partial charge in [0, 0.05) is 27.4 Å². The van der Waals surface area contributed by atoms with Crippen LogP contribution in [0.25, 0.3) is 0 Å². The maximum Gasteiger partial charge on any atom is 0.0490 e. The minimum atomic E-state index is 0.740. The van der Waals surface area contributed by atoms with E-state index in [1.165, 1.54) is 20.8 Å². The Morgan fingerprint density at radius 2 is 2.38 bits per heavy atom. The summed E-state index contributed by atoms with van der Waals surface area (Å²) >= 11 is 5.51. The second-order valence-corrected chi connectivity index (χ2v) is 5.30. The Kier molecular flexibility index (Phi) is 2.84. The van der Waals surface area contributed by atoms with Crippen LogP contribution in [0.1, 0.15) is 6.92 Å². The fraction of sp³-hybridized carbons (Fsp3) is 0.400. The van der Waals surface area contributed by atoms with Crippen LogP contribution in [0.2, 0.25) is 0 Å². The molecule has 70 valence electrons. The molecule has 0 radical (unpaired) electrons. The Hall–Kier alpha value is -0.150. The molecule has 0 bridgehead atoms. The van der Waals surface area contributed by atoms with Crippen LogP contribution in [0.4, 0.5) is 5.69 Å². The molecule has 0 saturated carbocycles. The lowest BCUT2D eigenvalue weighted by atomic mass is 10.2. The first-order valence-corrected chi connectivity index (χ1v) is 6.20. The van der Waals surface area contributed by atoms with Crippen LogP contribution in [-0.2, 0) is 0 Å². The molecule has 1 aliphatic rings. The van der Waals surface area contributed by atoms with Crippen molar-refractivity contribution < 1.29 is 0 Å². The summed E-state index contributed by atoms with van der Waals surface area (Å²) in [7, 11) is 0. The average Bonchev–Trinajstić information content (AvgIpc) is 2.30. The largest absolute Gasteiger partial charge is 0.384 e. The second-order valence-electron chi connectivity index (χ2n) is 3.41. The third-order valence-electron chi connectivity index (χ3n) is 2.12. The molecule has 1 nitrogen and oxygen atoms in total. The van der Waals surface area contributed by atoms with Crippen LogP contribution >= 0.6 is 27.7 Å². The van der Waals surface area contributed by atoms with E-state index in [2.05, 4.69) is 46.4 Å². The number of fused-ring (bicyclic) bond motifs is 1. The van der Waals surface area contributed by atoms with Crippen molar-refractivity contribution in [1.82, 2.24) is 0 Å². The minimum Gasteiger partial charge on any atom is -0.384 e. The van der Waals surface area contributed by atoms with Crippen LogP contribution in [0.15, 0.2) is 27.6 Å².